The minimum atomic E-state index is -0.0832. The first-order chi connectivity index (χ1) is 7.32. The average molecular weight is 259 g/mol. The summed E-state index contributed by atoms with van der Waals surface area (Å²) in [4.78, 5) is 11.1. The van der Waals surface area contributed by atoms with E-state index in [4.69, 9.17) is 23.2 Å². The van der Waals surface area contributed by atoms with Gasteiger partial charge in [-0.05, 0) is 30.4 Å². The largest absolute Gasteiger partial charge is 0.300 e. The molecule has 0 spiro atoms. The van der Waals surface area contributed by atoms with Crippen molar-refractivity contribution in [2.24, 2.45) is 5.41 Å². The number of halogens is 2. The Balaban J connectivity index is 2.87. The Morgan fingerprint density at radius 3 is 2.50 bits per heavy atom. The Morgan fingerprint density at radius 1 is 1.31 bits per heavy atom. The van der Waals surface area contributed by atoms with Gasteiger partial charge in [0.25, 0.3) is 0 Å². The molecule has 0 fully saturated rings. The second kappa shape index (κ2) is 5.20. The lowest BCUT2D eigenvalue weighted by atomic mass is 9.81. The lowest BCUT2D eigenvalue weighted by molar-refractivity contribution is -0.118. The molecule has 0 amide bonds. The first kappa shape index (κ1) is 13.5. The highest BCUT2D eigenvalue weighted by atomic mass is 35.5. The van der Waals surface area contributed by atoms with Crippen LogP contribution in [0.5, 0.6) is 0 Å². The van der Waals surface area contributed by atoms with Crippen LogP contribution in [0.2, 0.25) is 10.0 Å². The van der Waals surface area contributed by atoms with Crippen LogP contribution in [0.3, 0.4) is 0 Å². The topological polar surface area (TPSA) is 17.1 Å². The molecule has 0 N–H and O–H groups in total. The van der Waals surface area contributed by atoms with E-state index in [9.17, 15) is 4.79 Å². The molecule has 88 valence electrons. The van der Waals surface area contributed by atoms with Gasteiger partial charge in [0, 0.05) is 6.42 Å². The average Bonchev–Trinajstić information content (AvgIpc) is 2.10. The van der Waals surface area contributed by atoms with E-state index in [1.807, 2.05) is 12.1 Å². The first-order valence-corrected chi connectivity index (χ1v) is 6.00. The Hall–Kier alpha value is -0.530. The van der Waals surface area contributed by atoms with Crippen molar-refractivity contribution in [1.82, 2.24) is 0 Å². The molecule has 0 bridgehead atoms. The summed E-state index contributed by atoms with van der Waals surface area (Å²) in [6, 6.07) is 5.61. The van der Waals surface area contributed by atoms with Gasteiger partial charge in [-0.2, -0.15) is 0 Å². The molecule has 3 heteroatoms. The summed E-state index contributed by atoms with van der Waals surface area (Å²) in [6.07, 6.45) is 1.31. The minimum absolute atomic E-state index is 0.0832. The van der Waals surface area contributed by atoms with Crippen molar-refractivity contribution in [2.75, 3.05) is 0 Å². The van der Waals surface area contributed by atoms with E-state index >= 15 is 0 Å². The van der Waals surface area contributed by atoms with Gasteiger partial charge in [-0.15, -0.1) is 0 Å². The Morgan fingerprint density at radius 2 is 1.94 bits per heavy atom. The highest BCUT2D eigenvalue weighted by Gasteiger charge is 2.22. The smallest absolute Gasteiger partial charge is 0.130 e. The molecule has 0 unspecified atom stereocenters. The third-order valence-electron chi connectivity index (χ3n) is 2.43. The molecule has 16 heavy (non-hydrogen) atoms. The summed E-state index contributed by atoms with van der Waals surface area (Å²) < 4.78 is 0. The van der Waals surface area contributed by atoms with Crippen LogP contribution in [0.4, 0.5) is 0 Å². The zero-order chi connectivity index (χ0) is 12.3. The van der Waals surface area contributed by atoms with Crippen LogP contribution in [0.15, 0.2) is 18.2 Å². The number of ketones is 1. The van der Waals surface area contributed by atoms with Gasteiger partial charge in [0.1, 0.15) is 5.78 Å². The van der Waals surface area contributed by atoms with E-state index in [2.05, 4.69) is 13.8 Å². The molecule has 0 heterocycles. The predicted octanol–water partition coefficient (Wildman–Crippen LogP) is 4.54. The van der Waals surface area contributed by atoms with Gasteiger partial charge in [-0.3, -0.25) is 0 Å². The number of Topliss-reactive ketones (excluding diaryl/α,β-unsaturated/α-hetero) is 1. The van der Waals surface area contributed by atoms with Crippen LogP contribution >= 0.6 is 23.2 Å². The van der Waals surface area contributed by atoms with Gasteiger partial charge in [0.05, 0.1) is 10.0 Å². The fourth-order valence-corrected chi connectivity index (χ4v) is 2.32. The van der Waals surface area contributed by atoms with Crippen molar-refractivity contribution < 1.29 is 4.79 Å². The molecule has 1 nitrogen and oxygen atoms in total. The molecule has 0 aromatic heterocycles. The normalized spacial score (nSPS) is 11.6. The Bertz CT molecular complexity index is 397. The van der Waals surface area contributed by atoms with Crippen molar-refractivity contribution >= 4 is 29.0 Å². The monoisotopic (exact) mass is 258 g/mol. The van der Waals surface area contributed by atoms with Crippen LogP contribution in [0.25, 0.3) is 0 Å². The van der Waals surface area contributed by atoms with E-state index in [0.717, 1.165) is 12.0 Å². The molecular weight excluding hydrogens is 243 g/mol. The van der Waals surface area contributed by atoms with Gasteiger partial charge < -0.3 is 4.79 Å². The SMILES string of the molecule is CC(=O)CC(C)(C)Cc1cccc(Cl)c1Cl. The lowest BCUT2D eigenvalue weighted by Gasteiger charge is -2.24. The lowest BCUT2D eigenvalue weighted by Crippen LogP contribution is -2.18. The highest BCUT2D eigenvalue weighted by Crippen LogP contribution is 2.32. The maximum absolute atomic E-state index is 11.1. The van der Waals surface area contributed by atoms with Crippen LogP contribution < -0.4 is 0 Å². The van der Waals surface area contributed by atoms with Crippen LogP contribution in [0, 0.1) is 5.41 Å². The number of carbonyl (C=O) groups is 1. The van der Waals surface area contributed by atoms with E-state index in [0.29, 0.717) is 16.5 Å². The van der Waals surface area contributed by atoms with Gasteiger partial charge in [-0.25, -0.2) is 0 Å². The van der Waals surface area contributed by atoms with E-state index in [-0.39, 0.29) is 11.2 Å². The van der Waals surface area contributed by atoms with Crippen molar-refractivity contribution in [1.29, 1.82) is 0 Å². The maximum atomic E-state index is 11.1. The second-order valence-electron chi connectivity index (χ2n) is 4.93. The van der Waals surface area contributed by atoms with Crippen molar-refractivity contribution in [3.63, 3.8) is 0 Å². The fourth-order valence-electron chi connectivity index (χ4n) is 1.94. The van der Waals surface area contributed by atoms with Crippen molar-refractivity contribution in [3.8, 4) is 0 Å². The molecule has 0 atom stereocenters. The number of hydrogen-bond donors (Lipinski definition) is 0. The molecule has 0 aliphatic heterocycles. The fraction of sp³-hybridized carbons (Fsp3) is 0.462. The Labute approximate surface area is 107 Å². The van der Waals surface area contributed by atoms with E-state index in [1.165, 1.54) is 0 Å². The van der Waals surface area contributed by atoms with Crippen LogP contribution in [-0.2, 0) is 11.2 Å². The second-order valence-corrected chi connectivity index (χ2v) is 5.72. The summed E-state index contributed by atoms with van der Waals surface area (Å²) in [7, 11) is 0. The minimum Gasteiger partial charge on any atom is -0.300 e. The summed E-state index contributed by atoms with van der Waals surface area (Å²) in [5.74, 6) is 0.197. The molecule has 0 radical (unpaired) electrons. The van der Waals surface area contributed by atoms with Gasteiger partial charge in [0.2, 0.25) is 0 Å². The van der Waals surface area contributed by atoms with Crippen LogP contribution in [-0.4, -0.2) is 5.78 Å². The van der Waals surface area contributed by atoms with Crippen molar-refractivity contribution in [2.45, 2.75) is 33.6 Å². The number of hydrogen-bond acceptors (Lipinski definition) is 1. The maximum Gasteiger partial charge on any atom is 0.130 e. The van der Waals surface area contributed by atoms with Crippen molar-refractivity contribution in [3.05, 3.63) is 33.8 Å². The summed E-state index contributed by atoms with van der Waals surface area (Å²) in [6.45, 7) is 5.73. The molecule has 0 aliphatic carbocycles. The summed E-state index contributed by atoms with van der Waals surface area (Å²) in [5.41, 5.74) is 0.917. The van der Waals surface area contributed by atoms with Gasteiger partial charge in [-0.1, -0.05) is 49.2 Å². The molecular formula is C13H16Cl2O. The zero-order valence-corrected chi connectivity index (χ0v) is 11.3. The molecule has 0 aliphatic rings. The first-order valence-electron chi connectivity index (χ1n) is 5.24. The standard InChI is InChI=1S/C13H16Cl2O/c1-9(16)7-13(2,3)8-10-5-4-6-11(14)12(10)15/h4-6H,7-8H2,1-3H3. The zero-order valence-electron chi connectivity index (χ0n) is 9.81. The molecule has 1 rings (SSSR count). The molecule has 1 aromatic carbocycles. The third-order valence-corrected chi connectivity index (χ3v) is 3.29. The molecule has 0 saturated carbocycles. The van der Waals surface area contributed by atoms with Gasteiger partial charge >= 0.3 is 0 Å². The third kappa shape index (κ3) is 3.80. The predicted molar refractivity (Wildman–Crippen MR) is 69.2 cm³/mol. The highest BCUT2D eigenvalue weighted by molar-refractivity contribution is 6.42. The number of benzene rings is 1. The molecule has 0 saturated heterocycles. The Kier molecular flexibility index (Phi) is 4.40. The summed E-state index contributed by atoms with van der Waals surface area (Å²) >= 11 is 12.1. The number of carbonyl (C=O) groups excluding carboxylic acids is 1. The molecule has 1 aromatic rings. The van der Waals surface area contributed by atoms with E-state index in [1.54, 1.807) is 13.0 Å². The summed E-state index contributed by atoms with van der Waals surface area (Å²) in [5, 5.41) is 1.17. The number of rotatable bonds is 4. The van der Waals surface area contributed by atoms with Crippen LogP contribution in [0.1, 0.15) is 32.8 Å². The van der Waals surface area contributed by atoms with Gasteiger partial charge in [0.15, 0.2) is 0 Å². The quantitative estimate of drug-likeness (QED) is 0.775. The van der Waals surface area contributed by atoms with E-state index < -0.39 is 0 Å².